The van der Waals surface area contributed by atoms with Crippen LogP contribution in [0.2, 0.25) is 0 Å². The fourth-order valence-electron chi connectivity index (χ4n) is 1.50. The average Bonchev–Trinajstić information content (AvgIpc) is 2.24. The van der Waals surface area contributed by atoms with Gasteiger partial charge in [-0.15, -0.1) is 11.6 Å². The monoisotopic (exact) mass is 224 g/mol. The lowest BCUT2D eigenvalue weighted by Crippen LogP contribution is -2.54. The highest BCUT2D eigenvalue weighted by Crippen LogP contribution is 2.23. The lowest BCUT2D eigenvalue weighted by molar-refractivity contribution is -0.120. The summed E-state index contributed by atoms with van der Waals surface area (Å²) in [6.45, 7) is 0. The van der Waals surface area contributed by atoms with Crippen LogP contribution in [0.15, 0.2) is 30.3 Å². The van der Waals surface area contributed by atoms with Crippen molar-refractivity contribution in [2.45, 2.75) is 11.4 Å². The number of imide groups is 1. The minimum Gasteiger partial charge on any atom is -0.329 e. The predicted molar refractivity (Wildman–Crippen MR) is 55.5 cm³/mol. The minimum atomic E-state index is -0.773. The van der Waals surface area contributed by atoms with Gasteiger partial charge in [0.1, 0.15) is 5.38 Å². The van der Waals surface area contributed by atoms with E-state index in [9.17, 15) is 9.59 Å². The van der Waals surface area contributed by atoms with Gasteiger partial charge < -0.3 is 5.32 Å². The van der Waals surface area contributed by atoms with Gasteiger partial charge >= 0.3 is 6.03 Å². The Bertz CT molecular complexity index is 394. The highest BCUT2D eigenvalue weighted by Gasteiger charge is 2.34. The highest BCUT2D eigenvalue weighted by molar-refractivity contribution is 6.33. The third-order valence-electron chi connectivity index (χ3n) is 2.23. The lowest BCUT2D eigenvalue weighted by atomic mass is 10.0. The predicted octanol–water partition coefficient (Wildman–Crippen LogP) is 1.17. The first kappa shape index (κ1) is 9.98. The molecule has 0 aromatic heterocycles. The molecule has 0 radical (unpaired) electrons. The first-order chi connectivity index (χ1) is 7.18. The van der Waals surface area contributed by atoms with Gasteiger partial charge in [0.05, 0.1) is 6.04 Å². The standard InChI is InChI=1S/C10H9ClN2O2/c11-7-8(6-4-2-1-3-5-6)12-10(15)13-9(7)14/h1-5,7-8H,(H2,12,13,14,15). The molecule has 1 saturated heterocycles. The fourth-order valence-corrected chi connectivity index (χ4v) is 1.76. The normalized spacial score (nSPS) is 25.7. The first-order valence-corrected chi connectivity index (χ1v) is 4.92. The molecule has 1 aliphatic heterocycles. The SMILES string of the molecule is O=C1NC(=O)C(Cl)C(c2ccccc2)N1. The molecule has 5 heteroatoms. The Morgan fingerprint density at radius 3 is 2.47 bits per heavy atom. The van der Waals surface area contributed by atoms with Crippen LogP contribution in [0.4, 0.5) is 4.79 Å². The van der Waals surface area contributed by atoms with Crippen LogP contribution in [-0.2, 0) is 4.79 Å². The topological polar surface area (TPSA) is 58.2 Å². The summed E-state index contributed by atoms with van der Waals surface area (Å²) in [5.41, 5.74) is 0.820. The van der Waals surface area contributed by atoms with Gasteiger partial charge in [-0.25, -0.2) is 4.79 Å². The van der Waals surface area contributed by atoms with Crippen LogP contribution in [0.3, 0.4) is 0 Å². The molecule has 1 heterocycles. The molecule has 1 aliphatic rings. The van der Waals surface area contributed by atoms with E-state index in [0.717, 1.165) is 5.56 Å². The molecular formula is C10H9ClN2O2. The number of amides is 3. The summed E-state index contributed by atoms with van der Waals surface area (Å²) in [6.07, 6.45) is 0. The van der Waals surface area contributed by atoms with E-state index in [-0.39, 0.29) is 0 Å². The minimum absolute atomic E-state index is 0.464. The Labute approximate surface area is 91.6 Å². The van der Waals surface area contributed by atoms with Crippen LogP contribution in [0, 0.1) is 0 Å². The molecule has 1 fully saturated rings. The van der Waals surface area contributed by atoms with Gasteiger partial charge in [0.15, 0.2) is 0 Å². The van der Waals surface area contributed by atoms with E-state index in [1.165, 1.54) is 0 Å². The number of urea groups is 1. The number of benzene rings is 1. The van der Waals surface area contributed by atoms with Crippen molar-refractivity contribution in [1.29, 1.82) is 0 Å². The number of nitrogens with one attached hydrogen (secondary N) is 2. The van der Waals surface area contributed by atoms with Gasteiger partial charge in [0, 0.05) is 0 Å². The van der Waals surface area contributed by atoms with Crippen molar-refractivity contribution < 1.29 is 9.59 Å². The zero-order chi connectivity index (χ0) is 10.8. The lowest BCUT2D eigenvalue weighted by Gasteiger charge is -2.27. The Morgan fingerprint density at radius 1 is 1.13 bits per heavy atom. The summed E-state index contributed by atoms with van der Waals surface area (Å²) in [4.78, 5) is 22.4. The molecular weight excluding hydrogens is 216 g/mol. The highest BCUT2D eigenvalue weighted by atomic mass is 35.5. The summed E-state index contributed by atoms with van der Waals surface area (Å²) in [5, 5.41) is 3.94. The summed E-state index contributed by atoms with van der Waals surface area (Å²) >= 11 is 5.91. The molecule has 0 spiro atoms. The molecule has 2 unspecified atom stereocenters. The Morgan fingerprint density at radius 2 is 1.80 bits per heavy atom. The molecule has 15 heavy (non-hydrogen) atoms. The van der Waals surface area contributed by atoms with Gasteiger partial charge in [-0.3, -0.25) is 10.1 Å². The maximum Gasteiger partial charge on any atom is 0.322 e. The molecule has 2 N–H and O–H groups in total. The molecule has 1 aromatic carbocycles. The van der Waals surface area contributed by atoms with Crippen LogP contribution in [0.5, 0.6) is 0 Å². The number of halogens is 1. The number of carbonyl (C=O) groups is 2. The summed E-state index contributed by atoms with van der Waals surface area (Å²) < 4.78 is 0. The van der Waals surface area contributed by atoms with Gasteiger partial charge in [-0.2, -0.15) is 0 Å². The molecule has 78 valence electrons. The summed E-state index contributed by atoms with van der Waals surface area (Å²) in [5.74, 6) is -0.464. The van der Waals surface area contributed by atoms with Gasteiger partial charge in [-0.1, -0.05) is 30.3 Å². The zero-order valence-electron chi connectivity index (χ0n) is 7.74. The van der Waals surface area contributed by atoms with Crippen molar-refractivity contribution in [2.24, 2.45) is 0 Å². The van der Waals surface area contributed by atoms with Crippen LogP contribution in [0.1, 0.15) is 11.6 Å². The number of alkyl halides is 1. The number of hydrogen-bond acceptors (Lipinski definition) is 2. The van der Waals surface area contributed by atoms with Gasteiger partial charge in [0.25, 0.3) is 0 Å². The number of rotatable bonds is 1. The van der Waals surface area contributed by atoms with Crippen molar-refractivity contribution in [3.63, 3.8) is 0 Å². The molecule has 1 aromatic rings. The average molecular weight is 225 g/mol. The van der Waals surface area contributed by atoms with Crippen molar-refractivity contribution in [3.8, 4) is 0 Å². The van der Waals surface area contributed by atoms with E-state index in [2.05, 4.69) is 10.6 Å². The van der Waals surface area contributed by atoms with Crippen LogP contribution in [0.25, 0.3) is 0 Å². The smallest absolute Gasteiger partial charge is 0.322 e. The Kier molecular flexibility index (Phi) is 2.60. The number of carbonyl (C=O) groups excluding carboxylic acids is 2. The van der Waals surface area contributed by atoms with E-state index in [0.29, 0.717) is 0 Å². The second-order valence-electron chi connectivity index (χ2n) is 3.25. The molecule has 3 amide bonds. The third-order valence-corrected chi connectivity index (χ3v) is 2.68. The largest absolute Gasteiger partial charge is 0.329 e. The van der Waals surface area contributed by atoms with E-state index >= 15 is 0 Å². The fraction of sp³-hybridized carbons (Fsp3) is 0.200. The molecule has 2 atom stereocenters. The quantitative estimate of drug-likeness (QED) is 0.704. The van der Waals surface area contributed by atoms with E-state index < -0.39 is 23.4 Å². The summed E-state index contributed by atoms with van der Waals surface area (Å²) in [7, 11) is 0. The maximum atomic E-state index is 11.3. The van der Waals surface area contributed by atoms with Gasteiger partial charge in [0.2, 0.25) is 5.91 Å². The van der Waals surface area contributed by atoms with Crippen molar-refractivity contribution in [1.82, 2.24) is 10.6 Å². The second-order valence-corrected chi connectivity index (χ2v) is 3.72. The van der Waals surface area contributed by atoms with E-state index in [1.54, 1.807) is 0 Å². The Balaban J connectivity index is 2.28. The van der Waals surface area contributed by atoms with Crippen molar-refractivity contribution >= 4 is 23.5 Å². The third kappa shape index (κ3) is 1.94. The maximum absolute atomic E-state index is 11.3. The summed E-state index contributed by atoms with van der Waals surface area (Å²) in [6, 6.07) is 8.18. The van der Waals surface area contributed by atoms with Gasteiger partial charge in [-0.05, 0) is 5.56 Å². The van der Waals surface area contributed by atoms with Crippen molar-refractivity contribution in [3.05, 3.63) is 35.9 Å². The molecule has 0 bridgehead atoms. The van der Waals surface area contributed by atoms with E-state index in [4.69, 9.17) is 11.6 Å². The van der Waals surface area contributed by atoms with E-state index in [1.807, 2.05) is 30.3 Å². The number of hydrogen-bond donors (Lipinski definition) is 2. The van der Waals surface area contributed by atoms with Crippen LogP contribution in [-0.4, -0.2) is 17.3 Å². The molecule has 4 nitrogen and oxygen atoms in total. The molecule has 0 aliphatic carbocycles. The van der Waals surface area contributed by atoms with Crippen LogP contribution < -0.4 is 10.6 Å². The zero-order valence-corrected chi connectivity index (χ0v) is 8.49. The van der Waals surface area contributed by atoms with Crippen molar-refractivity contribution in [2.75, 3.05) is 0 Å². The Hall–Kier alpha value is -1.55. The molecule has 2 rings (SSSR count). The molecule has 0 saturated carbocycles. The second kappa shape index (κ2) is 3.90. The van der Waals surface area contributed by atoms with Crippen LogP contribution >= 0.6 is 11.6 Å². The first-order valence-electron chi connectivity index (χ1n) is 4.49.